The summed E-state index contributed by atoms with van der Waals surface area (Å²) in [6.45, 7) is 24.2. The first-order chi connectivity index (χ1) is 19.0. The van der Waals surface area contributed by atoms with Crippen LogP contribution in [0.1, 0.15) is 53.4 Å². The Labute approximate surface area is 242 Å². The van der Waals surface area contributed by atoms with E-state index in [4.69, 9.17) is 29.5 Å². The van der Waals surface area contributed by atoms with Crippen molar-refractivity contribution in [2.75, 3.05) is 26.9 Å². The average molecular weight is 587 g/mol. The van der Waals surface area contributed by atoms with E-state index in [2.05, 4.69) is 37.6 Å². The van der Waals surface area contributed by atoms with Crippen molar-refractivity contribution in [2.45, 2.75) is 65.6 Å². The molecule has 0 radical (unpaired) electrons. The number of carbonyl (C=O) groups is 5. The SMILES string of the molecule is C=C(C)C(=O)O.C=C(C)C(=O)OC.C=C(C)C(=O)OCC1CO1.C=CC(=O)O.C=CC(=O)OC(CCC)CCCO. The van der Waals surface area contributed by atoms with Crippen molar-refractivity contribution in [3.8, 4) is 0 Å². The molecule has 0 spiro atoms. The van der Waals surface area contributed by atoms with Crippen molar-refractivity contribution >= 4 is 29.8 Å². The molecule has 0 bridgehead atoms. The first-order valence-electron chi connectivity index (χ1n) is 12.4. The second kappa shape index (κ2) is 29.0. The Bertz CT molecular complexity index is 857. The van der Waals surface area contributed by atoms with Crippen LogP contribution in [0.5, 0.6) is 0 Å². The summed E-state index contributed by atoms with van der Waals surface area (Å²) in [6.07, 6.45) is 5.30. The zero-order chi connectivity index (χ0) is 33.0. The molecule has 2 unspecified atom stereocenters. The maximum atomic E-state index is 10.9. The van der Waals surface area contributed by atoms with Crippen LogP contribution >= 0.6 is 0 Å². The van der Waals surface area contributed by atoms with Crippen LogP contribution in [0.3, 0.4) is 0 Å². The highest BCUT2D eigenvalue weighted by Crippen LogP contribution is 2.10. The highest BCUT2D eigenvalue weighted by Gasteiger charge is 2.24. The Kier molecular flexibility index (Phi) is 31.1. The van der Waals surface area contributed by atoms with Gasteiger partial charge in [-0.05, 0) is 40.0 Å². The lowest BCUT2D eigenvalue weighted by Crippen LogP contribution is -2.17. The normalized spacial score (nSPS) is 12.4. The van der Waals surface area contributed by atoms with Gasteiger partial charge in [-0.25, -0.2) is 24.0 Å². The summed E-state index contributed by atoms with van der Waals surface area (Å²) in [5.74, 6) is -2.98. The molecule has 3 N–H and O–H groups in total. The Morgan fingerprint density at radius 2 is 1.39 bits per heavy atom. The van der Waals surface area contributed by atoms with Crippen LogP contribution in [-0.4, -0.2) is 84.3 Å². The van der Waals surface area contributed by atoms with Crippen molar-refractivity contribution in [2.24, 2.45) is 0 Å². The molecule has 1 aliphatic heterocycles. The van der Waals surface area contributed by atoms with Gasteiger partial charge in [0.2, 0.25) is 0 Å². The average Bonchev–Trinajstić information content (AvgIpc) is 3.75. The summed E-state index contributed by atoms with van der Waals surface area (Å²) in [5.41, 5.74) is 1.04. The molecule has 1 saturated heterocycles. The molecule has 234 valence electrons. The van der Waals surface area contributed by atoms with E-state index in [0.29, 0.717) is 30.8 Å². The van der Waals surface area contributed by atoms with Gasteiger partial charge in [0.25, 0.3) is 0 Å². The minimum atomic E-state index is -0.981. The lowest BCUT2D eigenvalue weighted by molar-refractivity contribution is -0.144. The molecule has 1 heterocycles. The minimum Gasteiger partial charge on any atom is -0.478 e. The van der Waals surface area contributed by atoms with Crippen molar-refractivity contribution in [3.05, 3.63) is 61.8 Å². The number of rotatable bonds is 13. The van der Waals surface area contributed by atoms with E-state index in [1.54, 1.807) is 13.8 Å². The molecular weight excluding hydrogens is 540 g/mol. The van der Waals surface area contributed by atoms with Gasteiger partial charge in [-0.1, -0.05) is 46.2 Å². The van der Waals surface area contributed by atoms with Gasteiger partial charge in [0.05, 0.1) is 13.7 Å². The number of carbonyl (C=O) groups excluding carboxylic acids is 3. The zero-order valence-corrected chi connectivity index (χ0v) is 24.8. The van der Waals surface area contributed by atoms with E-state index in [9.17, 15) is 24.0 Å². The highest BCUT2D eigenvalue weighted by atomic mass is 16.6. The number of methoxy groups -OCH3 is 1. The molecule has 0 aromatic heterocycles. The molecule has 0 aromatic carbocycles. The van der Waals surface area contributed by atoms with Gasteiger partial charge < -0.3 is 34.3 Å². The lowest BCUT2D eigenvalue weighted by Gasteiger charge is -2.15. The minimum absolute atomic E-state index is 0.0670. The number of carboxylic acid groups (broad SMARTS) is 2. The van der Waals surface area contributed by atoms with Gasteiger partial charge in [-0.15, -0.1) is 0 Å². The molecule has 1 aliphatic rings. The fourth-order valence-corrected chi connectivity index (χ4v) is 1.75. The number of hydrogen-bond acceptors (Lipinski definition) is 10. The van der Waals surface area contributed by atoms with Crippen LogP contribution in [-0.2, 0) is 42.9 Å². The van der Waals surface area contributed by atoms with Crippen LogP contribution in [0.15, 0.2) is 61.8 Å². The molecular formula is C29H46O12. The van der Waals surface area contributed by atoms with Crippen LogP contribution in [0.2, 0.25) is 0 Å². The predicted molar refractivity (Wildman–Crippen MR) is 154 cm³/mol. The van der Waals surface area contributed by atoms with Crippen LogP contribution in [0, 0.1) is 0 Å². The second-order valence-corrected chi connectivity index (χ2v) is 8.15. The zero-order valence-electron chi connectivity index (χ0n) is 24.8. The van der Waals surface area contributed by atoms with E-state index in [1.807, 2.05) is 6.92 Å². The fourth-order valence-electron chi connectivity index (χ4n) is 1.75. The van der Waals surface area contributed by atoms with Crippen LogP contribution in [0.25, 0.3) is 0 Å². The number of carboxylic acids is 2. The van der Waals surface area contributed by atoms with Crippen LogP contribution < -0.4 is 0 Å². The highest BCUT2D eigenvalue weighted by molar-refractivity contribution is 5.87. The quantitative estimate of drug-likeness (QED) is 0.123. The fraction of sp³-hybridized carbons (Fsp3) is 0.483. The maximum Gasteiger partial charge on any atom is 0.333 e. The van der Waals surface area contributed by atoms with E-state index in [-0.39, 0.29) is 42.3 Å². The topological polar surface area (TPSA) is 186 Å². The first kappa shape index (κ1) is 44.0. The molecule has 0 aromatic rings. The Balaban J connectivity index is -0.000000219. The third kappa shape index (κ3) is 38.2. The van der Waals surface area contributed by atoms with Gasteiger partial charge in [0.1, 0.15) is 18.8 Å². The number of aliphatic hydroxyl groups is 1. The molecule has 0 saturated carbocycles. The predicted octanol–water partition coefficient (Wildman–Crippen LogP) is 3.80. The van der Waals surface area contributed by atoms with Crippen molar-refractivity contribution in [3.63, 3.8) is 0 Å². The number of aliphatic hydroxyl groups excluding tert-OH is 1. The maximum absolute atomic E-state index is 10.9. The largest absolute Gasteiger partial charge is 0.478 e. The standard InChI is InChI=1S/C10H18O3.C7H10O3.C5H8O2.C4H6O2.C3H4O2/c1-3-6-9(7-5-8-11)13-10(12)4-2;1-5(2)7(8)10-4-6-3-9-6;1-4(2)5(6)7-3;1-3(2)4(5)6;1-2-3(4)5/h4,9,11H,2-3,5-8H2,1H3;6H,1,3-4H2,2H3;1H2,2-3H3;1H2,2H3,(H,5,6);2H,1H2,(H,4,5). The Morgan fingerprint density at radius 3 is 1.63 bits per heavy atom. The van der Waals surface area contributed by atoms with E-state index in [1.165, 1.54) is 20.1 Å². The Morgan fingerprint density at radius 1 is 0.927 bits per heavy atom. The summed E-state index contributed by atoms with van der Waals surface area (Å²) in [6, 6.07) is 0. The smallest absolute Gasteiger partial charge is 0.333 e. The van der Waals surface area contributed by atoms with Gasteiger partial charge >= 0.3 is 29.8 Å². The molecule has 1 fully saturated rings. The van der Waals surface area contributed by atoms with Crippen molar-refractivity contribution in [1.29, 1.82) is 0 Å². The number of ether oxygens (including phenoxy) is 4. The molecule has 41 heavy (non-hydrogen) atoms. The summed E-state index contributed by atoms with van der Waals surface area (Å²) in [7, 11) is 1.33. The molecule has 2 atom stereocenters. The lowest BCUT2D eigenvalue weighted by atomic mass is 10.1. The van der Waals surface area contributed by atoms with Gasteiger partial charge in [-0.2, -0.15) is 0 Å². The van der Waals surface area contributed by atoms with Crippen molar-refractivity contribution < 1.29 is 58.2 Å². The van der Waals surface area contributed by atoms with E-state index < -0.39 is 11.9 Å². The van der Waals surface area contributed by atoms with Crippen molar-refractivity contribution in [1.82, 2.24) is 0 Å². The van der Waals surface area contributed by atoms with E-state index >= 15 is 0 Å². The molecule has 0 amide bonds. The summed E-state index contributed by atoms with van der Waals surface area (Å²) >= 11 is 0. The van der Waals surface area contributed by atoms with E-state index in [0.717, 1.165) is 25.3 Å². The molecule has 12 nitrogen and oxygen atoms in total. The monoisotopic (exact) mass is 586 g/mol. The summed E-state index contributed by atoms with van der Waals surface area (Å²) in [5, 5.41) is 24.1. The number of aliphatic carboxylic acids is 2. The molecule has 12 heteroatoms. The number of epoxide rings is 1. The summed E-state index contributed by atoms with van der Waals surface area (Å²) < 4.78 is 18.9. The Hall–Kier alpha value is -4.03. The first-order valence-corrected chi connectivity index (χ1v) is 12.4. The second-order valence-electron chi connectivity index (χ2n) is 8.15. The van der Waals surface area contributed by atoms with Gasteiger partial charge in [0, 0.05) is 35.5 Å². The third-order valence-corrected chi connectivity index (χ3v) is 3.97. The third-order valence-electron chi connectivity index (χ3n) is 3.97. The molecule has 1 rings (SSSR count). The number of esters is 3. The van der Waals surface area contributed by atoms with Gasteiger partial charge in [0.15, 0.2) is 0 Å². The molecule has 0 aliphatic carbocycles. The van der Waals surface area contributed by atoms with Crippen LogP contribution in [0.4, 0.5) is 0 Å². The summed E-state index contributed by atoms with van der Waals surface area (Å²) in [4.78, 5) is 50.6. The number of hydrogen-bond donors (Lipinski definition) is 3. The van der Waals surface area contributed by atoms with Gasteiger partial charge in [-0.3, -0.25) is 0 Å².